The number of aliphatic hydroxyl groups excluding tert-OH is 1. The minimum absolute atomic E-state index is 0.00320. The molecule has 1 aromatic heterocycles. The second-order valence-electron chi connectivity index (χ2n) is 5.87. The van der Waals surface area contributed by atoms with Crippen LogP contribution in [0.5, 0.6) is 17.2 Å². The summed E-state index contributed by atoms with van der Waals surface area (Å²) in [5.74, 6) is -1.79. The van der Waals surface area contributed by atoms with Gasteiger partial charge in [-0.3, -0.25) is 14.9 Å². The number of benzene rings is 1. The highest BCUT2D eigenvalue weighted by Crippen LogP contribution is 2.47. The van der Waals surface area contributed by atoms with Crippen molar-refractivity contribution in [2.75, 3.05) is 6.79 Å². The van der Waals surface area contributed by atoms with E-state index < -0.39 is 22.9 Å². The third-order valence-corrected chi connectivity index (χ3v) is 4.31. The van der Waals surface area contributed by atoms with Crippen LogP contribution in [-0.2, 0) is 6.61 Å². The fourth-order valence-corrected chi connectivity index (χ4v) is 3.11. The molecule has 2 aliphatic rings. The van der Waals surface area contributed by atoms with Crippen LogP contribution in [0.3, 0.4) is 0 Å². The summed E-state index contributed by atoms with van der Waals surface area (Å²) in [4.78, 5) is 23.3. The SMILES string of the molecule is N#CC1=C(N)Oc2c(oc(CO)cc2=O)[C@@H]1c1cc2c(cc1[N+](=O)[O-])OCO2. The minimum Gasteiger partial charge on any atom is -0.458 e. The maximum Gasteiger partial charge on any atom is 0.277 e. The Balaban J connectivity index is 2.05. The zero-order chi connectivity index (χ0) is 20.0. The summed E-state index contributed by atoms with van der Waals surface area (Å²) in [6, 6.07) is 5.34. The molecular weight excluding hydrogens is 374 g/mol. The van der Waals surface area contributed by atoms with Crippen LogP contribution in [0.4, 0.5) is 5.69 Å². The summed E-state index contributed by atoms with van der Waals surface area (Å²) in [7, 11) is 0. The largest absolute Gasteiger partial charge is 0.458 e. The summed E-state index contributed by atoms with van der Waals surface area (Å²) in [5, 5.41) is 30.6. The summed E-state index contributed by atoms with van der Waals surface area (Å²) in [6.07, 6.45) is 0. The third kappa shape index (κ3) is 2.51. The summed E-state index contributed by atoms with van der Waals surface area (Å²) >= 11 is 0. The monoisotopic (exact) mass is 385 g/mol. The first-order valence-corrected chi connectivity index (χ1v) is 7.88. The van der Waals surface area contributed by atoms with Crippen molar-refractivity contribution in [3.05, 3.63) is 67.1 Å². The molecule has 0 bridgehead atoms. The molecule has 11 heteroatoms. The van der Waals surface area contributed by atoms with Crippen LogP contribution >= 0.6 is 0 Å². The van der Waals surface area contributed by atoms with Crippen LogP contribution in [0.15, 0.2) is 38.9 Å². The molecule has 0 unspecified atom stereocenters. The Morgan fingerprint density at radius 1 is 1.32 bits per heavy atom. The predicted octanol–water partition coefficient (Wildman–Crippen LogP) is 0.987. The molecule has 2 aliphatic heterocycles. The standard InChI is InChI=1S/C17H11N3O8/c18-4-9-14(8-2-12-13(26-6-25-12)3-10(8)20(23)24)16-15(28-17(9)19)11(22)1-7(5-21)27-16/h1-3,14,21H,5-6,19H2/t14-/m1/s1. The first kappa shape index (κ1) is 17.4. The van der Waals surface area contributed by atoms with Gasteiger partial charge in [-0.05, 0) is 6.07 Å². The highest BCUT2D eigenvalue weighted by molar-refractivity contribution is 5.63. The Kier molecular flexibility index (Phi) is 3.90. The molecule has 0 aliphatic carbocycles. The van der Waals surface area contributed by atoms with Gasteiger partial charge in [0.2, 0.25) is 23.9 Å². The van der Waals surface area contributed by atoms with Gasteiger partial charge in [-0.25, -0.2) is 0 Å². The van der Waals surface area contributed by atoms with Crippen LogP contribution in [0.2, 0.25) is 0 Å². The van der Waals surface area contributed by atoms with Crippen molar-refractivity contribution in [3.8, 4) is 23.3 Å². The maximum absolute atomic E-state index is 12.3. The van der Waals surface area contributed by atoms with Crippen molar-refractivity contribution in [3.63, 3.8) is 0 Å². The number of aliphatic hydroxyl groups is 1. The summed E-state index contributed by atoms with van der Waals surface area (Å²) in [6.45, 7) is -0.716. The molecule has 0 saturated carbocycles. The van der Waals surface area contributed by atoms with Gasteiger partial charge >= 0.3 is 0 Å². The quantitative estimate of drug-likeness (QED) is 0.573. The van der Waals surface area contributed by atoms with E-state index in [1.54, 1.807) is 0 Å². The van der Waals surface area contributed by atoms with Gasteiger partial charge in [-0.2, -0.15) is 5.26 Å². The smallest absolute Gasteiger partial charge is 0.277 e. The normalized spacial score (nSPS) is 16.9. The van der Waals surface area contributed by atoms with E-state index in [1.165, 1.54) is 6.07 Å². The van der Waals surface area contributed by atoms with Gasteiger partial charge in [-0.1, -0.05) is 0 Å². The molecule has 142 valence electrons. The molecule has 0 amide bonds. The zero-order valence-electron chi connectivity index (χ0n) is 14.0. The average molecular weight is 385 g/mol. The first-order valence-electron chi connectivity index (χ1n) is 7.88. The Morgan fingerprint density at radius 2 is 2.04 bits per heavy atom. The number of hydrogen-bond acceptors (Lipinski definition) is 10. The molecule has 3 N–H and O–H groups in total. The molecule has 0 fully saturated rings. The number of hydrogen-bond donors (Lipinski definition) is 2. The molecule has 3 heterocycles. The molecule has 1 aromatic carbocycles. The Bertz CT molecular complexity index is 1140. The van der Waals surface area contributed by atoms with Crippen molar-refractivity contribution in [2.24, 2.45) is 5.73 Å². The van der Waals surface area contributed by atoms with Gasteiger partial charge in [0.15, 0.2) is 17.3 Å². The molecule has 28 heavy (non-hydrogen) atoms. The first-order chi connectivity index (χ1) is 13.4. The minimum atomic E-state index is -1.22. The van der Waals surface area contributed by atoms with E-state index >= 15 is 0 Å². The van der Waals surface area contributed by atoms with E-state index in [0.29, 0.717) is 0 Å². The second-order valence-corrected chi connectivity index (χ2v) is 5.87. The van der Waals surface area contributed by atoms with E-state index in [4.69, 9.17) is 24.4 Å². The molecule has 0 radical (unpaired) electrons. The van der Waals surface area contributed by atoms with Crippen LogP contribution in [0.1, 0.15) is 23.0 Å². The number of allylic oxidation sites excluding steroid dienone is 1. The van der Waals surface area contributed by atoms with Crippen molar-refractivity contribution in [1.29, 1.82) is 5.26 Å². The highest BCUT2D eigenvalue weighted by Gasteiger charge is 2.40. The summed E-state index contributed by atoms with van der Waals surface area (Å²) in [5.41, 5.74) is 4.56. The van der Waals surface area contributed by atoms with Gasteiger partial charge in [-0.15, -0.1) is 0 Å². The lowest BCUT2D eigenvalue weighted by molar-refractivity contribution is -0.385. The Labute approximate surface area is 155 Å². The third-order valence-electron chi connectivity index (χ3n) is 4.31. The van der Waals surface area contributed by atoms with Crippen LogP contribution in [0.25, 0.3) is 0 Å². The topological polar surface area (TPSA) is 171 Å². The van der Waals surface area contributed by atoms with Crippen LogP contribution in [-0.4, -0.2) is 16.8 Å². The number of rotatable bonds is 3. The Morgan fingerprint density at radius 3 is 2.68 bits per heavy atom. The van der Waals surface area contributed by atoms with Gasteiger partial charge in [0.1, 0.15) is 24.0 Å². The lowest BCUT2D eigenvalue weighted by Crippen LogP contribution is -2.25. The number of nitriles is 1. The van der Waals surface area contributed by atoms with Gasteiger partial charge in [0.05, 0.1) is 16.9 Å². The van der Waals surface area contributed by atoms with E-state index in [0.717, 1.165) is 12.1 Å². The fourth-order valence-electron chi connectivity index (χ4n) is 3.11. The maximum atomic E-state index is 12.3. The number of nitrogens with two attached hydrogens (primary N) is 1. The lowest BCUT2D eigenvalue weighted by atomic mass is 9.86. The van der Waals surface area contributed by atoms with Crippen LogP contribution < -0.4 is 25.4 Å². The molecule has 0 saturated heterocycles. The molecule has 1 atom stereocenters. The van der Waals surface area contributed by atoms with Crippen molar-refractivity contribution in [1.82, 2.24) is 0 Å². The number of nitrogens with zero attached hydrogens (tertiary/aromatic N) is 2. The van der Waals surface area contributed by atoms with Gasteiger partial charge in [0.25, 0.3) is 5.69 Å². The molecule has 2 aromatic rings. The van der Waals surface area contributed by atoms with E-state index in [-0.39, 0.29) is 58.3 Å². The molecule has 0 spiro atoms. The van der Waals surface area contributed by atoms with Crippen molar-refractivity contribution < 1.29 is 28.7 Å². The number of ether oxygens (including phenoxy) is 3. The predicted molar refractivity (Wildman–Crippen MR) is 89.4 cm³/mol. The molecular formula is C17H11N3O8. The molecule has 11 nitrogen and oxygen atoms in total. The van der Waals surface area contributed by atoms with E-state index in [1.807, 2.05) is 6.07 Å². The lowest BCUT2D eigenvalue weighted by Gasteiger charge is -2.24. The molecule has 4 rings (SSSR count). The Hall–Kier alpha value is -4.04. The summed E-state index contributed by atoms with van der Waals surface area (Å²) < 4.78 is 21.2. The van der Waals surface area contributed by atoms with Gasteiger partial charge in [0, 0.05) is 11.6 Å². The number of fused-ring (bicyclic) bond motifs is 2. The second kappa shape index (κ2) is 6.29. The van der Waals surface area contributed by atoms with E-state index in [2.05, 4.69) is 0 Å². The zero-order valence-corrected chi connectivity index (χ0v) is 14.0. The number of nitro benzene ring substituents is 1. The van der Waals surface area contributed by atoms with Gasteiger partial charge < -0.3 is 29.5 Å². The highest BCUT2D eigenvalue weighted by atomic mass is 16.7. The average Bonchev–Trinajstić information content (AvgIpc) is 3.13. The van der Waals surface area contributed by atoms with E-state index in [9.17, 15) is 25.3 Å². The van der Waals surface area contributed by atoms with Crippen LogP contribution in [0, 0.1) is 21.4 Å². The fraction of sp³-hybridized carbons (Fsp3) is 0.176. The van der Waals surface area contributed by atoms with Crippen molar-refractivity contribution >= 4 is 5.69 Å². The van der Waals surface area contributed by atoms with Crippen molar-refractivity contribution in [2.45, 2.75) is 12.5 Å². The number of nitro groups is 1.